The topological polar surface area (TPSA) is 47.6 Å². The standard InChI is InChI=1S/C10H19NO3/c1-13-7-4-8-14-10(12)9-5-2-3-6-11-9/h9,11H,2-8H2,1H3. The third-order valence-electron chi connectivity index (χ3n) is 2.33. The van der Waals surface area contributed by atoms with Crippen LogP contribution in [0.1, 0.15) is 25.7 Å². The molecule has 0 aromatic heterocycles. The summed E-state index contributed by atoms with van der Waals surface area (Å²) in [4.78, 5) is 11.4. The normalized spacial score (nSPS) is 21.9. The van der Waals surface area contributed by atoms with E-state index < -0.39 is 0 Å². The maximum Gasteiger partial charge on any atom is 0.323 e. The summed E-state index contributed by atoms with van der Waals surface area (Å²) in [6.07, 6.45) is 3.95. The van der Waals surface area contributed by atoms with Crippen LogP contribution in [0, 0.1) is 0 Å². The van der Waals surface area contributed by atoms with Gasteiger partial charge in [-0.05, 0) is 19.4 Å². The summed E-state index contributed by atoms with van der Waals surface area (Å²) in [6, 6.07) is -0.0775. The Balaban J connectivity index is 2.07. The highest BCUT2D eigenvalue weighted by Gasteiger charge is 2.21. The van der Waals surface area contributed by atoms with Gasteiger partial charge in [-0.2, -0.15) is 0 Å². The summed E-state index contributed by atoms with van der Waals surface area (Å²) in [5.41, 5.74) is 0. The molecule has 1 rings (SSSR count). The highest BCUT2D eigenvalue weighted by atomic mass is 16.5. The molecule has 14 heavy (non-hydrogen) atoms. The van der Waals surface area contributed by atoms with Crippen LogP contribution in [0.25, 0.3) is 0 Å². The molecule has 0 aromatic rings. The van der Waals surface area contributed by atoms with Crippen molar-refractivity contribution in [2.24, 2.45) is 0 Å². The summed E-state index contributed by atoms with van der Waals surface area (Å²) in [7, 11) is 1.64. The zero-order valence-corrected chi connectivity index (χ0v) is 8.75. The van der Waals surface area contributed by atoms with Crippen LogP contribution < -0.4 is 5.32 Å². The molecule has 0 bridgehead atoms. The van der Waals surface area contributed by atoms with Crippen molar-refractivity contribution in [1.82, 2.24) is 5.32 Å². The van der Waals surface area contributed by atoms with Gasteiger partial charge in [-0.1, -0.05) is 6.42 Å². The zero-order chi connectivity index (χ0) is 10.2. The van der Waals surface area contributed by atoms with E-state index in [0.29, 0.717) is 13.2 Å². The van der Waals surface area contributed by atoms with Gasteiger partial charge in [-0.3, -0.25) is 4.79 Å². The SMILES string of the molecule is COCCCOC(=O)C1CCCCN1. The lowest BCUT2D eigenvalue weighted by molar-refractivity contribution is -0.147. The molecular weight excluding hydrogens is 182 g/mol. The molecule has 0 radical (unpaired) electrons. The minimum absolute atomic E-state index is 0.0775. The van der Waals surface area contributed by atoms with Crippen molar-refractivity contribution in [2.75, 3.05) is 26.9 Å². The van der Waals surface area contributed by atoms with Gasteiger partial charge in [0.15, 0.2) is 0 Å². The van der Waals surface area contributed by atoms with Gasteiger partial charge >= 0.3 is 5.97 Å². The summed E-state index contributed by atoms with van der Waals surface area (Å²) < 4.78 is 9.96. The average Bonchev–Trinajstić information content (AvgIpc) is 2.25. The van der Waals surface area contributed by atoms with Crippen molar-refractivity contribution >= 4 is 5.97 Å². The fraction of sp³-hybridized carbons (Fsp3) is 0.900. The summed E-state index contributed by atoms with van der Waals surface area (Å²) in [5, 5.41) is 3.15. The molecular formula is C10H19NO3. The minimum atomic E-state index is -0.110. The zero-order valence-electron chi connectivity index (χ0n) is 8.75. The van der Waals surface area contributed by atoms with Gasteiger partial charge < -0.3 is 14.8 Å². The van der Waals surface area contributed by atoms with Crippen LogP contribution in [0.3, 0.4) is 0 Å². The van der Waals surface area contributed by atoms with Crippen molar-refractivity contribution in [1.29, 1.82) is 0 Å². The predicted molar refractivity (Wildman–Crippen MR) is 53.1 cm³/mol. The molecule has 0 spiro atoms. The molecule has 4 nitrogen and oxygen atoms in total. The van der Waals surface area contributed by atoms with Gasteiger partial charge in [-0.15, -0.1) is 0 Å². The smallest absolute Gasteiger partial charge is 0.323 e. The summed E-state index contributed by atoms with van der Waals surface area (Å²) in [6.45, 7) is 2.04. The van der Waals surface area contributed by atoms with E-state index in [1.807, 2.05) is 0 Å². The van der Waals surface area contributed by atoms with Gasteiger partial charge in [0.25, 0.3) is 0 Å². The lowest BCUT2D eigenvalue weighted by Crippen LogP contribution is -2.41. The van der Waals surface area contributed by atoms with Crippen LogP contribution in [-0.2, 0) is 14.3 Å². The Morgan fingerprint density at radius 3 is 2.93 bits per heavy atom. The molecule has 1 heterocycles. The fourth-order valence-corrected chi connectivity index (χ4v) is 1.53. The third kappa shape index (κ3) is 4.07. The van der Waals surface area contributed by atoms with Gasteiger partial charge in [0.1, 0.15) is 6.04 Å². The van der Waals surface area contributed by atoms with Gasteiger partial charge in [0, 0.05) is 20.1 Å². The number of carbonyl (C=O) groups is 1. The van der Waals surface area contributed by atoms with Gasteiger partial charge in [-0.25, -0.2) is 0 Å². The monoisotopic (exact) mass is 201 g/mol. The highest BCUT2D eigenvalue weighted by Crippen LogP contribution is 2.08. The largest absolute Gasteiger partial charge is 0.464 e. The van der Waals surface area contributed by atoms with Gasteiger partial charge in [0.2, 0.25) is 0 Å². The molecule has 1 aliphatic heterocycles. The Bertz CT molecular complexity index is 167. The van der Waals surface area contributed by atoms with Crippen LogP contribution in [-0.4, -0.2) is 38.9 Å². The van der Waals surface area contributed by atoms with E-state index in [4.69, 9.17) is 9.47 Å². The molecule has 0 saturated carbocycles. The second kappa shape index (κ2) is 6.79. The quantitative estimate of drug-likeness (QED) is 0.525. The second-order valence-electron chi connectivity index (χ2n) is 3.52. The number of rotatable bonds is 5. The Labute approximate surface area is 85.0 Å². The highest BCUT2D eigenvalue weighted by molar-refractivity contribution is 5.75. The molecule has 1 atom stereocenters. The second-order valence-corrected chi connectivity index (χ2v) is 3.52. The number of carbonyl (C=O) groups excluding carboxylic acids is 1. The molecule has 1 N–H and O–H groups in total. The van der Waals surface area contributed by atoms with E-state index in [1.165, 1.54) is 0 Å². The molecule has 82 valence electrons. The van der Waals surface area contributed by atoms with E-state index >= 15 is 0 Å². The Hall–Kier alpha value is -0.610. The van der Waals surface area contributed by atoms with E-state index in [2.05, 4.69) is 5.32 Å². The van der Waals surface area contributed by atoms with Crippen LogP contribution >= 0.6 is 0 Å². The van der Waals surface area contributed by atoms with E-state index in [-0.39, 0.29) is 12.0 Å². The first-order valence-corrected chi connectivity index (χ1v) is 5.23. The molecule has 0 aromatic carbocycles. The number of ether oxygens (including phenoxy) is 2. The maximum atomic E-state index is 11.4. The third-order valence-corrected chi connectivity index (χ3v) is 2.33. The van der Waals surface area contributed by atoms with Crippen molar-refractivity contribution in [3.8, 4) is 0 Å². The van der Waals surface area contributed by atoms with Crippen molar-refractivity contribution in [3.63, 3.8) is 0 Å². The van der Waals surface area contributed by atoms with Crippen LogP contribution in [0.4, 0.5) is 0 Å². The van der Waals surface area contributed by atoms with E-state index in [1.54, 1.807) is 7.11 Å². The Kier molecular flexibility index (Phi) is 5.56. The molecule has 1 aliphatic rings. The molecule has 1 saturated heterocycles. The number of piperidine rings is 1. The maximum absolute atomic E-state index is 11.4. The number of methoxy groups -OCH3 is 1. The van der Waals surface area contributed by atoms with Gasteiger partial charge in [0.05, 0.1) is 6.61 Å². The van der Waals surface area contributed by atoms with Crippen molar-refractivity contribution in [2.45, 2.75) is 31.7 Å². The fourth-order valence-electron chi connectivity index (χ4n) is 1.53. The van der Waals surface area contributed by atoms with Crippen LogP contribution in [0.15, 0.2) is 0 Å². The number of hydrogen-bond donors (Lipinski definition) is 1. The molecule has 1 fully saturated rings. The first-order valence-electron chi connectivity index (χ1n) is 5.23. The lowest BCUT2D eigenvalue weighted by atomic mass is 10.1. The molecule has 0 aliphatic carbocycles. The Morgan fingerprint density at radius 1 is 1.43 bits per heavy atom. The van der Waals surface area contributed by atoms with Crippen LogP contribution in [0.2, 0.25) is 0 Å². The molecule has 0 amide bonds. The first kappa shape index (κ1) is 11.5. The van der Waals surface area contributed by atoms with Crippen LogP contribution in [0.5, 0.6) is 0 Å². The lowest BCUT2D eigenvalue weighted by Gasteiger charge is -2.21. The number of esters is 1. The predicted octanol–water partition coefficient (Wildman–Crippen LogP) is 0.708. The van der Waals surface area contributed by atoms with Crippen molar-refractivity contribution < 1.29 is 14.3 Å². The molecule has 1 unspecified atom stereocenters. The summed E-state index contributed by atoms with van der Waals surface area (Å²) >= 11 is 0. The summed E-state index contributed by atoms with van der Waals surface area (Å²) in [5.74, 6) is -0.110. The number of hydrogen-bond acceptors (Lipinski definition) is 4. The van der Waals surface area contributed by atoms with Crippen molar-refractivity contribution in [3.05, 3.63) is 0 Å². The van der Waals surface area contributed by atoms with E-state index in [9.17, 15) is 4.79 Å². The first-order chi connectivity index (χ1) is 6.84. The van der Waals surface area contributed by atoms with E-state index in [0.717, 1.165) is 32.2 Å². The minimum Gasteiger partial charge on any atom is -0.464 e. The number of nitrogens with one attached hydrogen (secondary N) is 1. The Morgan fingerprint density at radius 2 is 2.29 bits per heavy atom. The average molecular weight is 201 g/mol. The molecule has 4 heteroatoms.